The maximum atomic E-state index is 11.7. The Morgan fingerprint density at radius 1 is 1.15 bits per heavy atom. The fourth-order valence-electron chi connectivity index (χ4n) is 3.34. The van der Waals surface area contributed by atoms with E-state index in [-0.39, 0.29) is 11.2 Å². The predicted octanol–water partition coefficient (Wildman–Crippen LogP) is 3.61. The summed E-state index contributed by atoms with van der Waals surface area (Å²) in [5.41, 5.74) is 1.43. The average Bonchev–Trinajstić information content (AvgIpc) is 3.20. The molecule has 0 bridgehead atoms. The summed E-state index contributed by atoms with van der Waals surface area (Å²) in [5.74, 6) is 0.656. The second-order valence-electron chi connectivity index (χ2n) is 6.89. The van der Waals surface area contributed by atoms with E-state index in [1.807, 2.05) is 47.9 Å². The smallest absolute Gasteiger partial charge is 0.223 e. The van der Waals surface area contributed by atoms with Gasteiger partial charge >= 0.3 is 0 Å². The molecule has 144 valence electrons. The predicted molar refractivity (Wildman–Crippen MR) is 109 cm³/mol. The topological polar surface area (TPSA) is 54.7 Å². The Bertz CT molecular complexity index is 818. The first-order valence-corrected chi connectivity index (χ1v) is 9.72. The Balaban J connectivity index is 1.53. The van der Waals surface area contributed by atoms with E-state index in [9.17, 15) is 9.90 Å². The van der Waals surface area contributed by atoms with Gasteiger partial charge in [-0.15, -0.1) is 0 Å². The molecule has 5 nitrogen and oxygen atoms in total. The van der Waals surface area contributed by atoms with Gasteiger partial charge < -0.3 is 19.3 Å². The molecule has 2 heterocycles. The monoisotopic (exact) mass is 368 g/mol. The number of benzene rings is 1. The van der Waals surface area contributed by atoms with Crippen molar-refractivity contribution in [3.8, 4) is 11.5 Å². The molecule has 1 aliphatic heterocycles. The van der Waals surface area contributed by atoms with E-state index in [1.165, 1.54) is 38.2 Å². The van der Waals surface area contributed by atoms with Crippen molar-refractivity contribution in [2.24, 2.45) is 0 Å². The molecule has 0 amide bonds. The van der Waals surface area contributed by atoms with E-state index in [4.69, 9.17) is 4.74 Å². The van der Waals surface area contributed by atoms with Crippen LogP contribution in [0.25, 0.3) is 12.2 Å². The minimum atomic E-state index is -0.364. The van der Waals surface area contributed by atoms with Gasteiger partial charge in [0.15, 0.2) is 5.75 Å². The zero-order valence-electron chi connectivity index (χ0n) is 15.9. The van der Waals surface area contributed by atoms with Gasteiger partial charge in [-0.3, -0.25) is 4.79 Å². The number of aromatic nitrogens is 1. The van der Waals surface area contributed by atoms with Crippen molar-refractivity contribution in [1.82, 2.24) is 9.47 Å². The van der Waals surface area contributed by atoms with Crippen molar-refractivity contribution in [1.29, 1.82) is 0 Å². The first kappa shape index (κ1) is 19.2. The van der Waals surface area contributed by atoms with Crippen LogP contribution < -0.4 is 10.2 Å². The fourth-order valence-corrected chi connectivity index (χ4v) is 3.34. The molecule has 0 aliphatic carbocycles. The SMILES string of the molecule is CCn1cc(O)c(=O)cc1/C=C/c1ccc(OCCCN2CCCC2)cc1. The van der Waals surface area contributed by atoms with Crippen molar-refractivity contribution >= 4 is 12.2 Å². The van der Waals surface area contributed by atoms with Crippen LogP contribution in [0.15, 0.2) is 41.3 Å². The van der Waals surface area contributed by atoms with Crippen molar-refractivity contribution in [2.45, 2.75) is 32.7 Å². The molecular formula is C22H28N2O3. The highest BCUT2D eigenvalue weighted by molar-refractivity contribution is 5.68. The van der Waals surface area contributed by atoms with Crippen LogP contribution in [0.5, 0.6) is 11.5 Å². The summed E-state index contributed by atoms with van der Waals surface area (Å²) in [5, 5.41) is 9.55. The van der Waals surface area contributed by atoms with Gasteiger partial charge in [-0.1, -0.05) is 18.2 Å². The first-order valence-electron chi connectivity index (χ1n) is 9.72. The van der Waals surface area contributed by atoms with Gasteiger partial charge in [-0.2, -0.15) is 0 Å². The molecule has 27 heavy (non-hydrogen) atoms. The molecule has 0 unspecified atom stereocenters. The van der Waals surface area contributed by atoms with Crippen molar-refractivity contribution in [3.05, 3.63) is 58.0 Å². The standard InChI is InChI=1S/C22H28N2O3/c1-2-24-17-22(26)21(25)16-19(24)9-6-18-7-10-20(11-8-18)27-15-5-14-23-12-3-4-13-23/h6-11,16-17,26H,2-5,12-15H2,1H3/b9-6+. The molecule has 1 N–H and O–H groups in total. The molecule has 1 fully saturated rings. The summed E-state index contributed by atoms with van der Waals surface area (Å²) >= 11 is 0. The second-order valence-corrected chi connectivity index (χ2v) is 6.89. The molecular weight excluding hydrogens is 340 g/mol. The first-order chi connectivity index (χ1) is 13.2. The minimum absolute atomic E-state index is 0.222. The molecule has 0 spiro atoms. The summed E-state index contributed by atoms with van der Waals surface area (Å²) in [6.45, 7) is 6.96. The van der Waals surface area contributed by atoms with Gasteiger partial charge in [-0.05, 0) is 63.0 Å². The highest BCUT2D eigenvalue weighted by Gasteiger charge is 2.10. The van der Waals surface area contributed by atoms with Crippen molar-refractivity contribution < 1.29 is 9.84 Å². The van der Waals surface area contributed by atoms with Gasteiger partial charge in [0.25, 0.3) is 0 Å². The van der Waals surface area contributed by atoms with Gasteiger partial charge in [0.1, 0.15) is 5.75 Å². The number of aromatic hydroxyl groups is 1. The normalized spacial score (nSPS) is 14.9. The van der Waals surface area contributed by atoms with Crippen LogP contribution in [0, 0.1) is 0 Å². The molecule has 1 aromatic carbocycles. The maximum absolute atomic E-state index is 11.7. The van der Waals surface area contributed by atoms with Gasteiger partial charge in [0.2, 0.25) is 5.43 Å². The highest BCUT2D eigenvalue weighted by Crippen LogP contribution is 2.16. The Morgan fingerprint density at radius 3 is 2.59 bits per heavy atom. The average molecular weight is 368 g/mol. The lowest BCUT2D eigenvalue weighted by Crippen LogP contribution is -2.21. The summed E-state index contributed by atoms with van der Waals surface area (Å²) < 4.78 is 7.66. The third-order valence-electron chi connectivity index (χ3n) is 4.89. The summed E-state index contributed by atoms with van der Waals surface area (Å²) in [4.78, 5) is 14.2. The largest absolute Gasteiger partial charge is 0.503 e. The quantitative estimate of drug-likeness (QED) is 0.723. The van der Waals surface area contributed by atoms with E-state index in [1.54, 1.807) is 0 Å². The Hall–Kier alpha value is -2.53. The number of nitrogens with zero attached hydrogens (tertiary/aromatic N) is 2. The van der Waals surface area contributed by atoms with Gasteiger partial charge in [0.05, 0.1) is 12.8 Å². The Morgan fingerprint density at radius 2 is 1.89 bits per heavy atom. The van der Waals surface area contributed by atoms with Crippen LogP contribution in [0.3, 0.4) is 0 Å². The molecule has 1 aromatic heterocycles. The van der Waals surface area contributed by atoms with Gasteiger partial charge in [-0.25, -0.2) is 0 Å². The number of likely N-dealkylation sites (tertiary alicyclic amines) is 1. The lowest BCUT2D eigenvalue weighted by atomic mass is 10.2. The van der Waals surface area contributed by atoms with Crippen LogP contribution in [-0.2, 0) is 6.54 Å². The summed E-state index contributed by atoms with van der Waals surface area (Å²) in [7, 11) is 0. The molecule has 0 saturated carbocycles. The number of aryl methyl sites for hydroxylation is 1. The van der Waals surface area contributed by atoms with E-state index in [2.05, 4.69) is 4.90 Å². The summed E-state index contributed by atoms with van der Waals surface area (Å²) in [6, 6.07) is 9.40. The summed E-state index contributed by atoms with van der Waals surface area (Å²) in [6.07, 6.45) is 9.02. The van der Waals surface area contributed by atoms with Crippen molar-refractivity contribution in [3.63, 3.8) is 0 Å². The molecule has 0 radical (unpaired) electrons. The zero-order valence-corrected chi connectivity index (χ0v) is 15.9. The van der Waals surface area contributed by atoms with Crippen LogP contribution in [0.2, 0.25) is 0 Å². The number of hydrogen-bond acceptors (Lipinski definition) is 4. The Labute approximate surface area is 160 Å². The Kier molecular flexibility index (Phi) is 6.71. The highest BCUT2D eigenvalue weighted by atomic mass is 16.5. The zero-order chi connectivity index (χ0) is 19.1. The van der Waals surface area contributed by atoms with E-state index in [0.29, 0.717) is 6.54 Å². The molecule has 5 heteroatoms. The molecule has 0 atom stereocenters. The number of hydrogen-bond donors (Lipinski definition) is 1. The maximum Gasteiger partial charge on any atom is 0.223 e. The third kappa shape index (κ3) is 5.47. The fraction of sp³-hybridized carbons (Fsp3) is 0.409. The number of rotatable bonds is 8. The minimum Gasteiger partial charge on any atom is -0.503 e. The van der Waals surface area contributed by atoms with Crippen molar-refractivity contribution in [2.75, 3.05) is 26.2 Å². The molecule has 1 saturated heterocycles. The lowest BCUT2D eigenvalue weighted by molar-refractivity contribution is 0.263. The van der Waals surface area contributed by atoms with Crippen LogP contribution in [0.4, 0.5) is 0 Å². The molecule has 3 rings (SSSR count). The third-order valence-corrected chi connectivity index (χ3v) is 4.89. The van der Waals surface area contributed by atoms with Gasteiger partial charge in [0, 0.05) is 24.8 Å². The van der Waals surface area contributed by atoms with Crippen LogP contribution in [0.1, 0.15) is 37.4 Å². The van der Waals surface area contributed by atoms with E-state index < -0.39 is 0 Å². The number of pyridine rings is 1. The van der Waals surface area contributed by atoms with E-state index in [0.717, 1.165) is 36.6 Å². The molecule has 2 aromatic rings. The number of ether oxygens (including phenoxy) is 1. The molecule has 1 aliphatic rings. The van der Waals surface area contributed by atoms with E-state index >= 15 is 0 Å². The second kappa shape index (κ2) is 9.42. The lowest BCUT2D eigenvalue weighted by Gasteiger charge is -2.14. The van der Waals surface area contributed by atoms with Crippen LogP contribution in [-0.4, -0.2) is 40.8 Å². The van der Waals surface area contributed by atoms with Crippen LogP contribution >= 0.6 is 0 Å².